The molecule has 8 nitrogen and oxygen atoms in total. The highest BCUT2D eigenvalue weighted by Gasteiger charge is 2.08. The first-order chi connectivity index (χ1) is 14.2. The number of amides is 1. The quantitative estimate of drug-likeness (QED) is 0.534. The number of hydrogen-bond acceptors (Lipinski definition) is 6. The molecule has 1 aromatic heterocycles. The number of nitrogens with two attached hydrogens (primary N) is 1. The Labute approximate surface area is 175 Å². The van der Waals surface area contributed by atoms with E-state index in [4.69, 9.17) is 5.14 Å². The van der Waals surface area contributed by atoms with E-state index in [0.717, 1.165) is 22.6 Å². The van der Waals surface area contributed by atoms with Gasteiger partial charge in [0.05, 0.1) is 4.90 Å². The SMILES string of the molecule is Cc1cc(C)nc(Nc2ccc(C(=O)NCCc3ccc(S(N)(=O)=O)cc3)cc2)n1. The molecule has 0 saturated carbocycles. The molecule has 0 atom stereocenters. The molecule has 0 spiro atoms. The van der Waals surface area contributed by atoms with Crippen LogP contribution in [-0.4, -0.2) is 30.8 Å². The second-order valence-corrected chi connectivity index (χ2v) is 8.43. The number of aryl methyl sites for hydroxylation is 2. The van der Waals surface area contributed by atoms with Gasteiger partial charge in [0, 0.05) is 29.2 Å². The molecule has 1 amide bonds. The summed E-state index contributed by atoms with van der Waals surface area (Å²) >= 11 is 0. The van der Waals surface area contributed by atoms with Crippen LogP contribution in [0.4, 0.5) is 11.6 Å². The fourth-order valence-corrected chi connectivity index (χ4v) is 3.40. The number of sulfonamides is 1. The van der Waals surface area contributed by atoms with E-state index in [1.807, 2.05) is 19.9 Å². The Hall–Kier alpha value is -3.30. The zero-order valence-electron chi connectivity index (χ0n) is 16.7. The van der Waals surface area contributed by atoms with E-state index in [0.29, 0.717) is 24.5 Å². The number of primary sulfonamides is 1. The predicted octanol–water partition coefficient (Wildman–Crippen LogP) is 2.46. The van der Waals surface area contributed by atoms with Gasteiger partial charge in [0.25, 0.3) is 5.91 Å². The average Bonchev–Trinajstić information content (AvgIpc) is 2.67. The number of hydrogen-bond donors (Lipinski definition) is 3. The van der Waals surface area contributed by atoms with Crippen molar-refractivity contribution in [2.24, 2.45) is 5.14 Å². The fraction of sp³-hybridized carbons (Fsp3) is 0.190. The first-order valence-corrected chi connectivity index (χ1v) is 10.8. The third kappa shape index (κ3) is 5.85. The standard InChI is InChI=1S/C21H23N5O3S/c1-14-13-15(2)25-21(24-14)26-18-7-5-17(6-8-18)20(27)23-12-11-16-3-9-19(10-4-16)30(22,28)29/h3-10,13H,11-12H2,1-2H3,(H,23,27)(H2,22,28,29)(H,24,25,26). The second kappa shape index (κ2) is 9.02. The molecule has 1 heterocycles. The zero-order chi connectivity index (χ0) is 21.7. The molecule has 0 bridgehead atoms. The molecule has 0 radical (unpaired) electrons. The van der Waals surface area contributed by atoms with Gasteiger partial charge in [0.15, 0.2) is 0 Å². The summed E-state index contributed by atoms with van der Waals surface area (Å²) < 4.78 is 22.5. The molecule has 3 rings (SSSR count). The molecular formula is C21H23N5O3S. The highest BCUT2D eigenvalue weighted by atomic mass is 32.2. The van der Waals surface area contributed by atoms with Crippen LogP contribution in [0.3, 0.4) is 0 Å². The molecule has 9 heteroatoms. The number of benzene rings is 2. The number of carbonyl (C=O) groups excluding carboxylic acids is 1. The molecule has 156 valence electrons. The molecule has 2 aromatic carbocycles. The minimum atomic E-state index is -3.70. The van der Waals surface area contributed by atoms with Crippen LogP contribution in [-0.2, 0) is 16.4 Å². The largest absolute Gasteiger partial charge is 0.352 e. The molecule has 0 unspecified atom stereocenters. The predicted molar refractivity (Wildman–Crippen MR) is 115 cm³/mol. The lowest BCUT2D eigenvalue weighted by Crippen LogP contribution is -2.25. The van der Waals surface area contributed by atoms with Crippen molar-refractivity contribution in [2.45, 2.75) is 25.2 Å². The Bertz CT molecular complexity index is 1120. The number of anilines is 2. The Morgan fingerprint density at radius 3 is 2.13 bits per heavy atom. The summed E-state index contributed by atoms with van der Waals surface area (Å²) in [4.78, 5) is 21.1. The van der Waals surface area contributed by atoms with Gasteiger partial charge in [-0.3, -0.25) is 4.79 Å². The van der Waals surface area contributed by atoms with E-state index in [1.54, 1.807) is 36.4 Å². The van der Waals surface area contributed by atoms with Crippen LogP contribution < -0.4 is 15.8 Å². The van der Waals surface area contributed by atoms with E-state index in [1.165, 1.54) is 12.1 Å². The maximum atomic E-state index is 12.3. The maximum absolute atomic E-state index is 12.3. The summed E-state index contributed by atoms with van der Waals surface area (Å²) in [6.07, 6.45) is 0.570. The van der Waals surface area contributed by atoms with Gasteiger partial charge in [-0.15, -0.1) is 0 Å². The molecule has 0 aliphatic rings. The lowest BCUT2D eigenvalue weighted by atomic mass is 10.1. The van der Waals surface area contributed by atoms with Crippen LogP contribution >= 0.6 is 0 Å². The van der Waals surface area contributed by atoms with Crippen LogP contribution in [0.25, 0.3) is 0 Å². The number of aromatic nitrogens is 2. The van der Waals surface area contributed by atoms with Crippen LogP contribution in [0.2, 0.25) is 0 Å². The molecule has 0 fully saturated rings. The molecular weight excluding hydrogens is 402 g/mol. The maximum Gasteiger partial charge on any atom is 0.251 e. The molecule has 0 aliphatic heterocycles. The molecule has 0 aliphatic carbocycles. The van der Waals surface area contributed by atoms with Crippen LogP contribution in [0.1, 0.15) is 27.3 Å². The van der Waals surface area contributed by atoms with E-state index in [-0.39, 0.29) is 10.8 Å². The van der Waals surface area contributed by atoms with Gasteiger partial charge in [-0.1, -0.05) is 12.1 Å². The first-order valence-electron chi connectivity index (χ1n) is 9.30. The molecule has 3 aromatic rings. The van der Waals surface area contributed by atoms with Crippen molar-refractivity contribution >= 4 is 27.6 Å². The third-order valence-corrected chi connectivity index (χ3v) is 5.27. The highest BCUT2D eigenvalue weighted by Crippen LogP contribution is 2.15. The number of nitrogens with zero attached hydrogens (tertiary/aromatic N) is 2. The van der Waals surface area contributed by atoms with E-state index < -0.39 is 10.0 Å². The van der Waals surface area contributed by atoms with Gasteiger partial charge in [-0.25, -0.2) is 23.5 Å². The van der Waals surface area contributed by atoms with Gasteiger partial charge >= 0.3 is 0 Å². The number of rotatable bonds is 7. The lowest BCUT2D eigenvalue weighted by Gasteiger charge is -2.09. The Morgan fingerprint density at radius 1 is 0.967 bits per heavy atom. The van der Waals surface area contributed by atoms with Gasteiger partial charge in [0.2, 0.25) is 16.0 Å². The van der Waals surface area contributed by atoms with E-state index in [9.17, 15) is 13.2 Å². The summed E-state index contributed by atoms with van der Waals surface area (Å²) in [7, 11) is -3.70. The van der Waals surface area contributed by atoms with Gasteiger partial charge in [-0.2, -0.15) is 0 Å². The molecule has 30 heavy (non-hydrogen) atoms. The van der Waals surface area contributed by atoms with Crippen molar-refractivity contribution in [1.82, 2.24) is 15.3 Å². The number of nitrogens with one attached hydrogen (secondary N) is 2. The van der Waals surface area contributed by atoms with Crippen molar-refractivity contribution in [3.63, 3.8) is 0 Å². The van der Waals surface area contributed by atoms with Gasteiger partial charge < -0.3 is 10.6 Å². The average molecular weight is 426 g/mol. The topological polar surface area (TPSA) is 127 Å². The third-order valence-electron chi connectivity index (χ3n) is 4.34. The van der Waals surface area contributed by atoms with Crippen LogP contribution in [0.15, 0.2) is 59.5 Å². The smallest absolute Gasteiger partial charge is 0.251 e. The van der Waals surface area contributed by atoms with Crippen LogP contribution in [0.5, 0.6) is 0 Å². The summed E-state index contributed by atoms with van der Waals surface area (Å²) in [6, 6.07) is 15.2. The van der Waals surface area contributed by atoms with E-state index >= 15 is 0 Å². The van der Waals surface area contributed by atoms with Crippen molar-refractivity contribution in [1.29, 1.82) is 0 Å². The highest BCUT2D eigenvalue weighted by molar-refractivity contribution is 7.89. The minimum Gasteiger partial charge on any atom is -0.352 e. The van der Waals surface area contributed by atoms with Crippen molar-refractivity contribution < 1.29 is 13.2 Å². The number of carbonyl (C=O) groups is 1. The Balaban J connectivity index is 1.53. The monoisotopic (exact) mass is 425 g/mol. The van der Waals surface area contributed by atoms with Gasteiger partial charge in [0.1, 0.15) is 0 Å². The van der Waals surface area contributed by atoms with E-state index in [2.05, 4.69) is 20.6 Å². The van der Waals surface area contributed by atoms with Crippen LogP contribution in [0, 0.1) is 13.8 Å². The van der Waals surface area contributed by atoms with Crippen molar-refractivity contribution in [3.05, 3.63) is 77.1 Å². The first kappa shape index (κ1) is 21.4. The fourth-order valence-electron chi connectivity index (χ4n) is 2.88. The summed E-state index contributed by atoms with van der Waals surface area (Å²) in [5.41, 5.74) is 3.97. The lowest BCUT2D eigenvalue weighted by molar-refractivity contribution is 0.0954. The zero-order valence-corrected chi connectivity index (χ0v) is 17.5. The Morgan fingerprint density at radius 2 is 1.57 bits per heavy atom. The van der Waals surface area contributed by atoms with Crippen molar-refractivity contribution in [2.75, 3.05) is 11.9 Å². The molecule has 4 N–H and O–H groups in total. The van der Waals surface area contributed by atoms with Crippen molar-refractivity contribution in [3.8, 4) is 0 Å². The summed E-state index contributed by atoms with van der Waals surface area (Å²) in [5.74, 6) is 0.323. The molecule has 0 saturated heterocycles. The minimum absolute atomic E-state index is 0.0650. The second-order valence-electron chi connectivity index (χ2n) is 6.87. The summed E-state index contributed by atoms with van der Waals surface area (Å²) in [6.45, 7) is 4.23. The van der Waals surface area contributed by atoms with Gasteiger partial charge in [-0.05, 0) is 68.3 Å². The Kier molecular flexibility index (Phi) is 6.43. The summed E-state index contributed by atoms with van der Waals surface area (Å²) in [5, 5.41) is 11.1. The normalized spacial score (nSPS) is 11.2.